The molecule has 98 valence electrons. The van der Waals surface area contributed by atoms with E-state index >= 15 is 0 Å². The van der Waals surface area contributed by atoms with Gasteiger partial charge in [-0.2, -0.15) is 4.98 Å². The normalized spacial score (nSPS) is 10.3. The second-order valence-corrected chi connectivity index (χ2v) is 4.52. The van der Waals surface area contributed by atoms with Crippen LogP contribution in [0.4, 0.5) is 5.82 Å². The van der Waals surface area contributed by atoms with E-state index < -0.39 is 0 Å². The molecule has 2 N–H and O–H groups in total. The van der Waals surface area contributed by atoms with Gasteiger partial charge in [0, 0.05) is 10.6 Å². The average Bonchev–Trinajstić information content (AvgIpc) is 2.39. The molecule has 0 amide bonds. The van der Waals surface area contributed by atoms with Gasteiger partial charge in [-0.1, -0.05) is 29.8 Å². The molecule has 1 aromatic heterocycles. The van der Waals surface area contributed by atoms with E-state index in [-0.39, 0.29) is 5.82 Å². The van der Waals surface area contributed by atoms with Crippen LogP contribution >= 0.6 is 23.2 Å². The van der Waals surface area contributed by atoms with E-state index in [1.165, 1.54) is 13.2 Å². The molecule has 0 aliphatic heterocycles. The third-order valence-corrected chi connectivity index (χ3v) is 3.04. The van der Waals surface area contributed by atoms with Crippen LogP contribution < -0.4 is 10.5 Å². The Morgan fingerprint density at radius 2 is 2.05 bits per heavy atom. The smallest absolute Gasteiger partial charge is 0.242 e. The molecular weight excluding hydrogens is 285 g/mol. The fraction of sp³-hybridized carbons (Fsp3) is 0.0769. The summed E-state index contributed by atoms with van der Waals surface area (Å²) in [6.07, 6.45) is 1.52. The number of ether oxygens (including phenoxy) is 1. The zero-order chi connectivity index (χ0) is 14.0. The molecule has 19 heavy (non-hydrogen) atoms. The molecule has 0 bridgehead atoms. The first-order valence-electron chi connectivity index (χ1n) is 5.36. The molecule has 0 aliphatic carbocycles. The summed E-state index contributed by atoms with van der Waals surface area (Å²) < 4.78 is 5.19. The highest BCUT2D eigenvalue weighted by Crippen LogP contribution is 2.34. The Bertz CT molecular complexity index is 644. The van der Waals surface area contributed by atoms with E-state index in [9.17, 15) is 0 Å². The van der Waals surface area contributed by atoms with E-state index in [2.05, 4.69) is 16.5 Å². The van der Waals surface area contributed by atoms with Gasteiger partial charge in [-0.3, -0.25) is 0 Å². The number of hydrogen-bond donors (Lipinski definition) is 1. The van der Waals surface area contributed by atoms with Crippen LogP contribution in [0.15, 0.2) is 24.8 Å². The van der Waals surface area contributed by atoms with Gasteiger partial charge >= 0.3 is 0 Å². The van der Waals surface area contributed by atoms with E-state index in [1.54, 1.807) is 18.2 Å². The summed E-state index contributed by atoms with van der Waals surface area (Å²) in [5.41, 5.74) is 7.37. The van der Waals surface area contributed by atoms with Crippen LogP contribution in [0.5, 0.6) is 5.88 Å². The zero-order valence-electron chi connectivity index (χ0n) is 10.2. The number of halogens is 2. The number of hydrogen-bond acceptors (Lipinski definition) is 4. The first-order chi connectivity index (χ1) is 9.06. The van der Waals surface area contributed by atoms with Gasteiger partial charge in [-0.25, -0.2) is 4.98 Å². The predicted octanol–water partition coefficient (Wildman–Crippen LogP) is 3.68. The highest BCUT2D eigenvalue weighted by Gasteiger charge is 2.15. The molecular formula is C13H11Cl2N3O. The van der Waals surface area contributed by atoms with Crippen LogP contribution in [0.1, 0.15) is 5.69 Å². The molecule has 4 nitrogen and oxygen atoms in total. The molecule has 2 rings (SSSR count). The Labute approximate surface area is 120 Å². The van der Waals surface area contributed by atoms with Crippen LogP contribution in [0.2, 0.25) is 10.0 Å². The maximum Gasteiger partial charge on any atom is 0.242 e. The molecule has 0 aliphatic rings. The maximum absolute atomic E-state index is 6.16. The van der Waals surface area contributed by atoms with Crippen molar-refractivity contribution in [2.24, 2.45) is 0 Å². The molecule has 0 unspecified atom stereocenters. The third kappa shape index (κ3) is 2.64. The fourth-order valence-electron chi connectivity index (χ4n) is 1.59. The summed E-state index contributed by atoms with van der Waals surface area (Å²) in [5, 5.41) is 1.000. The topological polar surface area (TPSA) is 61.0 Å². The minimum atomic E-state index is 0.251. The quantitative estimate of drug-likeness (QED) is 0.938. The highest BCUT2D eigenvalue weighted by molar-refractivity contribution is 6.36. The predicted molar refractivity (Wildman–Crippen MR) is 78.5 cm³/mol. The molecule has 0 saturated carbocycles. The summed E-state index contributed by atoms with van der Waals surface area (Å²) in [7, 11) is 1.49. The van der Waals surface area contributed by atoms with Crippen molar-refractivity contribution in [2.45, 2.75) is 0 Å². The summed E-state index contributed by atoms with van der Waals surface area (Å²) in [6.45, 7) is 3.64. The Morgan fingerprint density at radius 1 is 1.32 bits per heavy atom. The van der Waals surface area contributed by atoms with Crippen molar-refractivity contribution in [2.75, 3.05) is 12.8 Å². The molecule has 0 spiro atoms. The number of rotatable bonds is 3. The SMILES string of the molecule is C=Cc1nc(-c2ccc(Cl)cc2Cl)c(OC)nc1N. The third-order valence-electron chi connectivity index (χ3n) is 2.49. The van der Waals surface area contributed by atoms with Crippen molar-refractivity contribution >= 4 is 35.1 Å². The Kier molecular flexibility index (Phi) is 3.93. The number of nitrogens with zero attached hydrogens (tertiary/aromatic N) is 2. The van der Waals surface area contributed by atoms with Gasteiger partial charge in [0.2, 0.25) is 5.88 Å². The van der Waals surface area contributed by atoms with Crippen molar-refractivity contribution in [3.05, 3.63) is 40.5 Å². The number of benzene rings is 1. The van der Waals surface area contributed by atoms with Gasteiger partial charge in [-0.15, -0.1) is 0 Å². The van der Waals surface area contributed by atoms with Crippen molar-refractivity contribution in [1.82, 2.24) is 9.97 Å². The first kappa shape index (κ1) is 13.6. The minimum absolute atomic E-state index is 0.251. The average molecular weight is 296 g/mol. The number of methoxy groups -OCH3 is 1. The van der Waals surface area contributed by atoms with Gasteiger partial charge in [0.25, 0.3) is 0 Å². The lowest BCUT2D eigenvalue weighted by atomic mass is 10.1. The van der Waals surface area contributed by atoms with E-state index in [0.29, 0.717) is 32.9 Å². The van der Waals surface area contributed by atoms with Gasteiger partial charge in [0.1, 0.15) is 11.4 Å². The minimum Gasteiger partial charge on any atom is -0.479 e. The van der Waals surface area contributed by atoms with Crippen LogP contribution in [-0.4, -0.2) is 17.1 Å². The molecule has 6 heteroatoms. The van der Waals surface area contributed by atoms with E-state index in [4.69, 9.17) is 33.7 Å². The number of anilines is 1. The Balaban J connectivity index is 2.69. The van der Waals surface area contributed by atoms with Crippen molar-refractivity contribution in [3.63, 3.8) is 0 Å². The Hall–Kier alpha value is -1.78. The summed E-state index contributed by atoms with van der Waals surface area (Å²) in [4.78, 5) is 8.50. The lowest BCUT2D eigenvalue weighted by molar-refractivity contribution is 0.398. The van der Waals surface area contributed by atoms with Gasteiger partial charge in [0.15, 0.2) is 5.82 Å². The molecule has 0 saturated heterocycles. The number of nitrogen functional groups attached to an aromatic ring is 1. The van der Waals surface area contributed by atoms with E-state index in [1.807, 2.05) is 0 Å². The molecule has 1 heterocycles. The van der Waals surface area contributed by atoms with Gasteiger partial charge in [0.05, 0.1) is 12.1 Å². The van der Waals surface area contributed by atoms with Crippen molar-refractivity contribution in [3.8, 4) is 17.1 Å². The maximum atomic E-state index is 6.16. The zero-order valence-corrected chi connectivity index (χ0v) is 11.7. The van der Waals surface area contributed by atoms with Crippen LogP contribution in [-0.2, 0) is 0 Å². The highest BCUT2D eigenvalue weighted by atomic mass is 35.5. The molecule has 0 atom stereocenters. The molecule has 0 fully saturated rings. The molecule has 1 aromatic carbocycles. The first-order valence-corrected chi connectivity index (χ1v) is 6.11. The number of nitrogens with two attached hydrogens (primary N) is 1. The standard InChI is InChI=1S/C13H11Cl2N3O/c1-3-10-12(16)18-13(19-2)11(17-10)8-5-4-7(14)6-9(8)15/h3-6H,1H2,2H3,(H2,16,18). The van der Waals surface area contributed by atoms with Crippen LogP contribution in [0.3, 0.4) is 0 Å². The second-order valence-electron chi connectivity index (χ2n) is 3.68. The summed E-state index contributed by atoms with van der Waals surface area (Å²) in [6, 6.07) is 5.09. The molecule has 2 aromatic rings. The van der Waals surface area contributed by atoms with Crippen LogP contribution in [0, 0.1) is 0 Å². The van der Waals surface area contributed by atoms with Crippen molar-refractivity contribution < 1.29 is 4.74 Å². The Morgan fingerprint density at radius 3 is 2.63 bits per heavy atom. The fourth-order valence-corrected chi connectivity index (χ4v) is 2.09. The summed E-state index contributed by atoms with van der Waals surface area (Å²) >= 11 is 12.0. The lowest BCUT2D eigenvalue weighted by Crippen LogP contribution is -2.03. The molecule has 0 radical (unpaired) electrons. The van der Waals surface area contributed by atoms with Crippen LogP contribution in [0.25, 0.3) is 17.3 Å². The number of aromatic nitrogens is 2. The lowest BCUT2D eigenvalue weighted by Gasteiger charge is -2.11. The second kappa shape index (κ2) is 5.47. The van der Waals surface area contributed by atoms with E-state index in [0.717, 1.165) is 0 Å². The summed E-state index contributed by atoms with van der Waals surface area (Å²) in [5.74, 6) is 0.549. The van der Waals surface area contributed by atoms with Gasteiger partial charge < -0.3 is 10.5 Å². The monoisotopic (exact) mass is 295 g/mol. The largest absolute Gasteiger partial charge is 0.479 e. The van der Waals surface area contributed by atoms with Gasteiger partial charge in [-0.05, 0) is 24.3 Å². The van der Waals surface area contributed by atoms with Crippen molar-refractivity contribution in [1.29, 1.82) is 0 Å².